The van der Waals surface area contributed by atoms with E-state index < -0.39 is 0 Å². The third-order valence-electron chi connectivity index (χ3n) is 6.64. The Bertz CT molecular complexity index is 963. The zero-order chi connectivity index (χ0) is 22.5. The molecule has 0 atom stereocenters. The minimum Gasteiger partial charge on any atom is -0.353 e. The molecule has 2 aromatic rings. The monoisotopic (exact) mass is 451 g/mol. The van der Waals surface area contributed by atoms with E-state index in [2.05, 4.69) is 42.3 Å². The molecule has 2 amide bonds. The van der Waals surface area contributed by atoms with Gasteiger partial charge in [0.1, 0.15) is 5.03 Å². The van der Waals surface area contributed by atoms with E-state index in [9.17, 15) is 9.59 Å². The number of pyridine rings is 1. The van der Waals surface area contributed by atoms with Gasteiger partial charge in [-0.05, 0) is 63.3 Å². The van der Waals surface area contributed by atoms with Gasteiger partial charge in [0.25, 0.3) is 5.91 Å². The average Bonchev–Trinajstić information content (AvgIpc) is 2.82. The van der Waals surface area contributed by atoms with Crippen LogP contribution in [-0.2, 0) is 4.79 Å². The van der Waals surface area contributed by atoms with Crippen LogP contribution in [0, 0.1) is 19.8 Å². The molecule has 32 heavy (non-hydrogen) atoms. The van der Waals surface area contributed by atoms with Crippen molar-refractivity contribution in [2.45, 2.75) is 74.8 Å². The lowest BCUT2D eigenvalue weighted by Crippen LogP contribution is -2.48. The summed E-state index contributed by atoms with van der Waals surface area (Å²) in [5.74, 6) is 0.430. The summed E-state index contributed by atoms with van der Waals surface area (Å²) in [5, 5.41) is 4.00. The number of benzene rings is 1. The fourth-order valence-electron chi connectivity index (χ4n) is 4.73. The van der Waals surface area contributed by atoms with Gasteiger partial charge in [0.2, 0.25) is 5.91 Å². The highest BCUT2D eigenvalue weighted by atomic mass is 32.2. The third kappa shape index (κ3) is 5.52. The van der Waals surface area contributed by atoms with E-state index in [4.69, 9.17) is 0 Å². The second-order valence-electron chi connectivity index (χ2n) is 9.14. The molecule has 2 heterocycles. The minimum atomic E-state index is 0.0300. The second kappa shape index (κ2) is 10.5. The van der Waals surface area contributed by atoms with Gasteiger partial charge in [-0.1, -0.05) is 48.7 Å². The Labute approximate surface area is 195 Å². The van der Waals surface area contributed by atoms with Crippen LogP contribution in [-0.4, -0.2) is 40.8 Å². The first-order valence-electron chi connectivity index (χ1n) is 11.8. The van der Waals surface area contributed by atoms with Crippen LogP contribution in [0.15, 0.2) is 46.5 Å². The van der Waals surface area contributed by atoms with Gasteiger partial charge in [0.15, 0.2) is 0 Å². The van der Waals surface area contributed by atoms with Crippen LogP contribution in [0.4, 0.5) is 0 Å². The molecule has 170 valence electrons. The Balaban J connectivity index is 1.36. The lowest BCUT2D eigenvalue weighted by atomic mass is 9.88. The van der Waals surface area contributed by atoms with Gasteiger partial charge < -0.3 is 10.2 Å². The molecule has 5 nitrogen and oxygen atoms in total. The topological polar surface area (TPSA) is 62.3 Å². The number of piperidine rings is 1. The maximum Gasteiger partial charge on any atom is 0.256 e. The number of aryl methyl sites for hydroxylation is 2. The molecule has 1 aliphatic carbocycles. The van der Waals surface area contributed by atoms with Gasteiger partial charge in [-0.2, -0.15) is 0 Å². The van der Waals surface area contributed by atoms with E-state index in [0.29, 0.717) is 18.7 Å². The molecular formula is C26H33N3O2S. The van der Waals surface area contributed by atoms with Crippen molar-refractivity contribution in [3.05, 3.63) is 53.2 Å². The number of nitrogens with zero attached hydrogens (tertiary/aromatic N) is 2. The number of aromatic nitrogens is 1. The van der Waals surface area contributed by atoms with E-state index in [1.165, 1.54) is 30.4 Å². The average molecular weight is 452 g/mol. The Kier molecular flexibility index (Phi) is 7.51. The first-order valence-corrected chi connectivity index (χ1v) is 12.6. The molecule has 0 bridgehead atoms. The second-order valence-corrected chi connectivity index (χ2v) is 10.2. The highest BCUT2D eigenvalue weighted by Gasteiger charge is 2.28. The SMILES string of the molecule is Cc1ccc(Sc2ncccc2C(=O)N2CCC(NC(=O)C3CCCCC3)CC2)c(C)c1. The van der Waals surface area contributed by atoms with E-state index >= 15 is 0 Å². The summed E-state index contributed by atoms with van der Waals surface area (Å²) in [4.78, 5) is 33.4. The molecule has 2 fully saturated rings. The van der Waals surface area contributed by atoms with Gasteiger partial charge in [-0.3, -0.25) is 9.59 Å². The first-order chi connectivity index (χ1) is 15.5. The standard InChI is InChI=1S/C26H33N3O2S/c1-18-10-11-23(19(2)17-18)32-25-22(9-6-14-27-25)26(31)29-15-12-21(13-16-29)28-24(30)20-7-4-3-5-8-20/h6,9-11,14,17,20-21H,3-5,7-8,12-13,15-16H2,1-2H3,(H,28,30). The third-order valence-corrected chi connectivity index (χ3v) is 7.84. The zero-order valence-electron chi connectivity index (χ0n) is 19.1. The molecule has 1 aliphatic heterocycles. The molecule has 1 saturated carbocycles. The summed E-state index contributed by atoms with van der Waals surface area (Å²) in [6.45, 7) is 5.50. The molecule has 0 radical (unpaired) electrons. The summed E-state index contributed by atoms with van der Waals surface area (Å²) >= 11 is 1.55. The fraction of sp³-hybridized carbons (Fsp3) is 0.500. The van der Waals surface area contributed by atoms with Crippen LogP contribution in [0.1, 0.15) is 66.4 Å². The Morgan fingerprint density at radius 3 is 2.50 bits per heavy atom. The highest BCUT2D eigenvalue weighted by molar-refractivity contribution is 7.99. The molecule has 4 rings (SSSR count). The summed E-state index contributed by atoms with van der Waals surface area (Å²) in [5.41, 5.74) is 3.07. The van der Waals surface area contributed by atoms with Crippen LogP contribution in [0.5, 0.6) is 0 Å². The molecule has 0 spiro atoms. The molecule has 6 heteroatoms. The summed E-state index contributed by atoms with van der Waals surface area (Å²) < 4.78 is 0. The van der Waals surface area contributed by atoms with Crippen LogP contribution < -0.4 is 5.32 Å². The Morgan fingerprint density at radius 2 is 1.78 bits per heavy atom. The summed E-state index contributed by atoms with van der Waals surface area (Å²) in [6.07, 6.45) is 8.99. The first kappa shape index (κ1) is 22.8. The van der Waals surface area contributed by atoms with Crippen LogP contribution >= 0.6 is 11.8 Å². The predicted molar refractivity (Wildman–Crippen MR) is 128 cm³/mol. The lowest BCUT2D eigenvalue weighted by molar-refractivity contribution is -0.126. The van der Waals surface area contributed by atoms with Crippen LogP contribution in [0.25, 0.3) is 0 Å². The molecule has 1 saturated heterocycles. The molecule has 1 aromatic heterocycles. The number of amides is 2. The van der Waals surface area contributed by atoms with Crippen LogP contribution in [0.2, 0.25) is 0 Å². The fourth-order valence-corrected chi connectivity index (χ4v) is 5.68. The van der Waals surface area contributed by atoms with Crippen molar-refractivity contribution in [1.82, 2.24) is 15.2 Å². The summed E-state index contributed by atoms with van der Waals surface area (Å²) in [6, 6.07) is 10.2. The summed E-state index contributed by atoms with van der Waals surface area (Å²) in [7, 11) is 0. The van der Waals surface area contributed by atoms with Crippen molar-refractivity contribution in [1.29, 1.82) is 0 Å². The van der Waals surface area contributed by atoms with Gasteiger partial charge in [-0.25, -0.2) is 4.98 Å². The largest absolute Gasteiger partial charge is 0.353 e. The number of likely N-dealkylation sites (tertiary alicyclic amines) is 1. The van der Waals surface area contributed by atoms with Gasteiger partial charge in [-0.15, -0.1) is 0 Å². The number of carbonyl (C=O) groups excluding carboxylic acids is 2. The van der Waals surface area contributed by atoms with E-state index in [1.807, 2.05) is 17.0 Å². The molecule has 2 aliphatic rings. The van der Waals surface area contributed by atoms with E-state index in [0.717, 1.165) is 35.6 Å². The lowest BCUT2D eigenvalue weighted by Gasteiger charge is -2.33. The van der Waals surface area contributed by atoms with Crippen LogP contribution in [0.3, 0.4) is 0 Å². The number of hydrogen-bond donors (Lipinski definition) is 1. The van der Waals surface area contributed by atoms with Gasteiger partial charge >= 0.3 is 0 Å². The molecule has 0 unspecified atom stereocenters. The van der Waals surface area contributed by atoms with E-state index in [-0.39, 0.29) is 23.8 Å². The molecule has 1 aromatic carbocycles. The smallest absolute Gasteiger partial charge is 0.256 e. The number of hydrogen-bond acceptors (Lipinski definition) is 4. The predicted octanol–water partition coefficient (Wildman–Crippen LogP) is 5.15. The maximum atomic E-state index is 13.3. The molecule has 1 N–H and O–H groups in total. The maximum absolute atomic E-state index is 13.3. The molecular weight excluding hydrogens is 418 g/mol. The van der Waals surface area contributed by atoms with Crippen molar-refractivity contribution < 1.29 is 9.59 Å². The van der Waals surface area contributed by atoms with Crippen molar-refractivity contribution in [3.8, 4) is 0 Å². The number of nitrogens with one attached hydrogen (secondary N) is 1. The Morgan fingerprint density at radius 1 is 1.03 bits per heavy atom. The van der Waals surface area contributed by atoms with Gasteiger partial charge in [0.05, 0.1) is 5.56 Å². The normalized spacial score (nSPS) is 17.9. The van der Waals surface area contributed by atoms with Gasteiger partial charge in [0, 0.05) is 36.1 Å². The Hall–Kier alpha value is -2.34. The van der Waals surface area contributed by atoms with Crippen molar-refractivity contribution in [2.75, 3.05) is 13.1 Å². The van der Waals surface area contributed by atoms with Crippen molar-refractivity contribution in [2.24, 2.45) is 5.92 Å². The quantitative estimate of drug-likeness (QED) is 0.683. The highest BCUT2D eigenvalue weighted by Crippen LogP contribution is 2.32. The number of rotatable bonds is 5. The van der Waals surface area contributed by atoms with Crippen molar-refractivity contribution >= 4 is 23.6 Å². The number of carbonyl (C=O) groups is 2. The minimum absolute atomic E-state index is 0.0300. The van der Waals surface area contributed by atoms with Crippen molar-refractivity contribution in [3.63, 3.8) is 0 Å². The zero-order valence-corrected chi connectivity index (χ0v) is 19.9. The van der Waals surface area contributed by atoms with E-state index in [1.54, 1.807) is 18.0 Å².